The second-order valence-electron chi connectivity index (χ2n) is 7.32. The molecule has 3 aromatic rings. The first-order chi connectivity index (χ1) is 14.7. The molecule has 2 N–H and O–H groups in total. The molecule has 2 unspecified atom stereocenters. The first kappa shape index (κ1) is 21.8. The van der Waals surface area contributed by atoms with E-state index in [1.165, 1.54) is 6.07 Å². The van der Waals surface area contributed by atoms with Crippen LogP contribution in [-0.2, 0) is 21.0 Å². The van der Waals surface area contributed by atoms with E-state index in [-0.39, 0.29) is 34.8 Å². The molecule has 9 nitrogen and oxygen atoms in total. The predicted octanol–water partition coefficient (Wildman–Crippen LogP) is 2.48. The van der Waals surface area contributed by atoms with Gasteiger partial charge in [0.2, 0.25) is 11.5 Å². The second-order valence-corrected chi connectivity index (χ2v) is 8.33. The lowest BCUT2D eigenvalue weighted by molar-refractivity contribution is -0.143. The van der Waals surface area contributed by atoms with Crippen molar-refractivity contribution < 1.29 is 27.6 Å². The fourth-order valence-corrected chi connectivity index (χ4v) is 4.45. The summed E-state index contributed by atoms with van der Waals surface area (Å²) in [4.78, 5) is 16.5. The summed E-state index contributed by atoms with van der Waals surface area (Å²) in [5.74, 6) is -0.324. The van der Waals surface area contributed by atoms with Gasteiger partial charge in [0, 0.05) is 19.7 Å². The highest BCUT2D eigenvalue weighted by Gasteiger charge is 2.38. The minimum atomic E-state index is -4.64. The Morgan fingerprint density at radius 1 is 1.23 bits per heavy atom. The number of aromatic amines is 1. The van der Waals surface area contributed by atoms with Crippen LogP contribution in [0.3, 0.4) is 0 Å². The van der Waals surface area contributed by atoms with Crippen molar-refractivity contribution in [2.24, 2.45) is 0 Å². The van der Waals surface area contributed by atoms with Crippen LogP contribution in [0.25, 0.3) is 16.7 Å². The zero-order valence-electron chi connectivity index (χ0n) is 16.6. The molecule has 0 aliphatic carbocycles. The summed E-state index contributed by atoms with van der Waals surface area (Å²) in [7, 11) is -1.97. The van der Waals surface area contributed by atoms with E-state index in [0.717, 1.165) is 29.7 Å². The van der Waals surface area contributed by atoms with Gasteiger partial charge in [-0.05, 0) is 38.3 Å². The topological polar surface area (TPSA) is 113 Å². The molecule has 0 saturated carbocycles. The highest BCUT2D eigenvalue weighted by molar-refractivity contribution is 7.24. The third-order valence-electron chi connectivity index (χ3n) is 5.32. The predicted molar refractivity (Wildman–Crippen MR) is 108 cm³/mol. The van der Waals surface area contributed by atoms with Crippen LogP contribution in [0.4, 0.5) is 18.9 Å². The van der Waals surface area contributed by atoms with Crippen molar-refractivity contribution in [1.82, 2.24) is 19.6 Å². The van der Waals surface area contributed by atoms with Crippen LogP contribution in [0.5, 0.6) is 0 Å². The summed E-state index contributed by atoms with van der Waals surface area (Å²) < 4.78 is 59.7. The van der Waals surface area contributed by atoms with Crippen LogP contribution in [0.1, 0.15) is 37.6 Å². The van der Waals surface area contributed by atoms with E-state index in [0.29, 0.717) is 13.1 Å². The minimum absolute atomic E-state index is 0.0149. The molecule has 168 valence electrons. The van der Waals surface area contributed by atoms with Gasteiger partial charge in [0.1, 0.15) is 8.46 Å². The Hall–Kier alpha value is -2.43. The number of ether oxygens (including phenoxy) is 1. The van der Waals surface area contributed by atoms with E-state index in [2.05, 4.69) is 15.2 Å². The van der Waals surface area contributed by atoms with E-state index in [1.54, 1.807) is 11.8 Å². The number of nitrogens with one attached hydrogen (secondary N) is 1. The quantitative estimate of drug-likeness (QED) is 0.445. The number of halogens is 3. The number of alkyl halides is 3. The average Bonchev–Trinajstić information content (AvgIpc) is 3.20. The summed E-state index contributed by atoms with van der Waals surface area (Å²) in [6.07, 6.45) is -2.18. The number of anilines is 1. The molecule has 1 aromatic carbocycles. The molecule has 4 rings (SSSR count). The smallest absolute Gasteiger partial charge is 0.371 e. The summed E-state index contributed by atoms with van der Waals surface area (Å²) in [6, 6.07) is 2.17. The van der Waals surface area contributed by atoms with Gasteiger partial charge in [-0.3, -0.25) is 9.20 Å². The van der Waals surface area contributed by atoms with E-state index in [9.17, 15) is 27.6 Å². The standard InChI is InChI=1S/C18H21F3N5O4P/c1-2-30-18(28,31-29)16-24-23-14-15(27)22-11-8-10(17(19,20)21)12(9-13(11)26(14)16)25-6-4-3-5-7-25/h8-9,28H,2-7,31H2,1H3,(H,22,27). The molecule has 0 radical (unpaired) electrons. The van der Waals surface area contributed by atoms with Crippen LogP contribution < -0.4 is 10.5 Å². The van der Waals surface area contributed by atoms with Crippen molar-refractivity contribution in [1.29, 1.82) is 0 Å². The highest BCUT2D eigenvalue weighted by atomic mass is 31.1. The molecule has 1 aliphatic heterocycles. The number of hydrogen-bond donors (Lipinski definition) is 2. The first-order valence-electron chi connectivity index (χ1n) is 9.80. The molecule has 13 heteroatoms. The van der Waals surface area contributed by atoms with Gasteiger partial charge in [0.25, 0.3) is 11.1 Å². The Balaban J connectivity index is 2.08. The molecule has 0 amide bonds. The molecule has 2 atom stereocenters. The molecule has 1 saturated heterocycles. The van der Waals surface area contributed by atoms with Crippen molar-refractivity contribution in [3.63, 3.8) is 0 Å². The molecule has 0 spiro atoms. The number of H-pyrrole nitrogens is 1. The number of hydrogen-bond acceptors (Lipinski definition) is 7. The maximum absolute atomic E-state index is 13.9. The second kappa shape index (κ2) is 7.92. The van der Waals surface area contributed by atoms with Gasteiger partial charge in [-0.25, -0.2) is 0 Å². The molecular weight excluding hydrogens is 438 g/mol. The number of aliphatic hydroxyl groups is 1. The molecule has 0 bridgehead atoms. The Bertz CT molecular complexity index is 1200. The lowest BCUT2D eigenvalue weighted by atomic mass is 10.1. The lowest BCUT2D eigenvalue weighted by Crippen LogP contribution is -2.31. The molecule has 1 fully saturated rings. The number of rotatable bonds is 5. The van der Waals surface area contributed by atoms with Gasteiger partial charge in [0.05, 0.1) is 22.3 Å². The number of aromatic nitrogens is 4. The number of nitrogens with zero attached hydrogens (tertiary/aromatic N) is 4. The molecule has 1 aliphatic rings. The SMILES string of the molecule is CCOC(O)([PH2]=O)c1nnc2c(=O)[nH]c3cc(C(F)(F)F)c(N4CCCCC4)cc3n12. The molecule has 2 aromatic heterocycles. The van der Waals surface area contributed by atoms with E-state index >= 15 is 0 Å². The third-order valence-corrected chi connectivity index (χ3v) is 6.06. The summed E-state index contributed by atoms with van der Waals surface area (Å²) in [5, 5.41) is 18.2. The van der Waals surface area contributed by atoms with Gasteiger partial charge in [-0.2, -0.15) is 13.2 Å². The van der Waals surface area contributed by atoms with E-state index in [4.69, 9.17) is 4.74 Å². The van der Waals surface area contributed by atoms with Crippen molar-refractivity contribution in [2.75, 3.05) is 24.6 Å². The van der Waals surface area contributed by atoms with Crippen molar-refractivity contribution in [3.05, 3.63) is 33.9 Å². The number of piperidine rings is 1. The van der Waals surface area contributed by atoms with Crippen LogP contribution in [0, 0.1) is 0 Å². The molecule has 3 heterocycles. The molecular formula is C18H21F3N5O4P. The Morgan fingerprint density at radius 2 is 1.94 bits per heavy atom. The zero-order valence-corrected chi connectivity index (χ0v) is 17.7. The average molecular weight is 459 g/mol. The highest BCUT2D eigenvalue weighted by Crippen LogP contribution is 2.40. The van der Waals surface area contributed by atoms with Gasteiger partial charge in [-0.1, -0.05) is 0 Å². The largest absolute Gasteiger partial charge is 0.418 e. The zero-order chi connectivity index (χ0) is 22.4. The fourth-order valence-electron chi connectivity index (χ4n) is 3.93. The van der Waals surface area contributed by atoms with Gasteiger partial charge in [0.15, 0.2) is 0 Å². The Kier molecular flexibility index (Phi) is 5.57. The first-order valence-corrected chi connectivity index (χ1v) is 10.8. The van der Waals surface area contributed by atoms with Crippen molar-refractivity contribution in [2.45, 2.75) is 37.9 Å². The normalized spacial score (nSPS) is 17.8. The number of fused-ring (bicyclic) bond motifs is 3. The minimum Gasteiger partial charge on any atom is -0.371 e. The maximum Gasteiger partial charge on any atom is 0.418 e. The van der Waals surface area contributed by atoms with Crippen molar-refractivity contribution >= 4 is 30.8 Å². The summed E-state index contributed by atoms with van der Waals surface area (Å²) >= 11 is 0. The van der Waals surface area contributed by atoms with Gasteiger partial charge in [-0.15, -0.1) is 10.2 Å². The molecule has 31 heavy (non-hydrogen) atoms. The monoisotopic (exact) mass is 459 g/mol. The summed E-state index contributed by atoms with van der Waals surface area (Å²) in [6.45, 7) is 2.48. The van der Waals surface area contributed by atoms with Crippen molar-refractivity contribution in [3.8, 4) is 0 Å². The van der Waals surface area contributed by atoms with Crippen LogP contribution in [0.2, 0.25) is 0 Å². The third kappa shape index (κ3) is 3.72. The van der Waals surface area contributed by atoms with Gasteiger partial charge < -0.3 is 24.3 Å². The Labute approximate surface area is 175 Å². The lowest BCUT2D eigenvalue weighted by Gasteiger charge is -2.31. The maximum atomic E-state index is 13.9. The Morgan fingerprint density at radius 3 is 2.55 bits per heavy atom. The van der Waals surface area contributed by atoms with Crippen LogP contribution >= 0.6 is 8.46 Å². The van der Waals surface area contributed by atoms with E-state index < -0.39 is 31.3 Å². The number of benzene rings is 1. The van der Waals surface area contributed by atoms with Gasteiger partial charge >= 0.3 is 6.18 Å². The van der Waals surface area contributed by atoms with E-state index in [1.807, 2.05) is 0 Å². The van der Waals surface area contributed by atoms with Crippen LogP contribution in [-0.4, -0.2) is 44.4 Å². The fraction of sp³-hybridized carbons (Fsp3) is 0.500. The summed E-state index contributed by atoms with van der Waals surface area (Å²) in [5.41, 5.74) is -4.27. The van der Waals surface area contributed by atoms with Crippen LogP contribution in [0.15, 0.2) is 16.9 Å².